The molecule has 32 heavy (non-hydrogen) atoms. The highest BCUT2D eigenvalue weighted by atomic mass is 35.5. The van der Waals surface area contributed by atoms with Crippen LogP contribution in [0.4, 0.5) is 0 Å². The number of methoxy groups -OCH3 is 1. The van der Waals surface area contributed by atoms with Gasteiger partial charge in [0.25, 0.3) is 5.91 Å². The lowest BCUT2D eigenvalue weighted by Crippen LogP contribution is -2.17. The van der Waals surface area contributed by atoms with Crippen LogP contribution >= 0.6 is 23.2 Å². The fraction of sp³-hybridized carbons (Fsp3) is 0.167. The molecule has 0 radical (unpaired) electrons. The van der Waals surface area contributed by atoms with Crippen LogP contribution < -0.4 is 19.6 Å². The highest BCUT2D eigenvalue weighted by molar-refractivity contribution is 6.37. The number of carbonyl (C=O) groups excluding carboxylic acids is 1. The average molecular weight is 473 g/mol. The predicted octanol–water partition coefficient (Wildman–Crippen LogP) is 5.74. The van der Waals surface area contributed by atoms with Crippen LogP contribution in [-0.2, 0) is 6.61 Å². The molecule has 0 spiro atoms. The molecule has 0 heterocycles. The van der Waals surface area contributed by atoms with Gasteiger partial charge in [0.2, 0.25) is 0 Å². The van der Waals surface area contributed by atoms with Crippen molar-refractivity contribution in [3.05, 3.63) is 87.4 Å². The molecule has 0 aliphatic rings. The van der Waals surface area contributed by atoms with Crippen molar-refractivity contribution in [3.63, 3.8) is 0 Å². The first-order valence-corrected chi connectivity index (χ1v) is 10.6. The van der Waals surface area contributed by atoms with Crippen LogP contribution in [0, 0.1) is 0 Å². The number of carbonyl (C=O) groups is 1. The maximum absolute atomic E-state index is 12.4. The number of halogens is 2. The van der Waals surface area contributed by atoms with Gasteiger partial charge in [-0.15, -0.1) is 0 Å². The molecule has 0 unspecified atom stereocenters. The molecule has 166 valence electrons. The SMILES string of the molecule is CCOc1ccc(C(=O)N/N=C/c2cc(Cl)c(OCc3ccccc3)c(Cl)c2)cc1OC. The second kappa shape index (κ2) is 11.4. The Morgan fingerprint density at radius 2 is 1.72 bits per heavy atom. The molecule has 3 aromatic rings. The fourth-order valence-corrected chi connectivity index (χ4v) is 3.45. The van der Waals surface area contributed by atoms with Crippen LogP contribution in [0.15, 0.2) is 65.8 Å². The number of benzene rings is 3. The Kier molecular flexibility index (Phi) is 8.36. The summed E-state index contributed by atoms with van der Waals surface area (Å²) in [6.45, 7) is 2.71. The summed E-state index contributed by atoms with van der Waals surface area (Å²) in [7, 11) is 1.51. The van der Waals surface area contributed by atoms with Gasteiger partial charge in [-0.1, -0.05) is 53.5 Å². The van der Waals surface area contributed by atoms with Gasteiger partial charge in [0.05, 0.1) is 30.0 Å². The number of ether oxygens (including phenoxy) is 3. The summed E-state index contributed by atoms with van der Waals surface area (Å²) in [4.78, 5) is 12.4. The lowest BCUT2D eigenvalue weighted by atomic mass is 10.2. The van der Waals surface area contributed by atoms with Crippen molar-refractivity contribution >= 4 is 35.3 Å². The molecule has 0 fully saturated rings. The van der Waals surface area contributed by atoms with Crippen LogP contribution in [0.2, 0.25) is 10.0 Å². The highest BCUT2D eigenvalue weighted by Crippen LogP contribution is 2.34. The van der Waals surface area contributed by atoms with E-state index in [1.54, 1.807) is 30.3 Å². The lowest BCUT2D eigenvalue weighted by molar-refractivity contribution is 0.0954. The van der Waals surface area contributed by atoms with Gasteiger partial charge < -0.3 is 14.2 Å². The van der Waals surface area contributed by atoms with Crippen molar-refractivity contribution in [2.24, 2.45) is 5.10 Å². The van der Waals surface area contributed by atoms with E-state index < -0.39 is 5.91 Å². The number of amides is 1. The first kappa shape index (κ1) is 23.4. The Balaban J connectivity index is 1.64. The molecule has 0 saturated heterocycles. The summed E-state index contributed by atoms with van der Waals surface area (Å²) in [6.07, 6.45) is 1.45. The van der Waals surface area contributed by atoms with Crippen LogP contribution in [0.25, 0.3) is 0 Å². The molecule has 0 saturated carbocycles. The Bertz CT molecular complexity index is 1080. The zero-order valence-electron chi connectivity index (χ0n) is 17.6. The summed E-state index contributed by atoms with van der Waals surface area (Å²) < 4.78 is 16.5. The van der Waals surface area contributed by atoms with E-state index in [1.807, 2.05) is 37.3 Å². The molecule has 8 heteroatoms. The molecule has 0 atom stereocenters. The minimum absolute atomic E-state index is 0.343. The van der Waals surface area contributed by atoms with Gasteiger partial charge in [0.1, 0.15) is 6.61 Å². The van der Waals surface area contributed by atoms with E-state index in [1.165, 1.54) is 13.3 Å². The zero-order valence-corrected chi connectivity index (χ0v) is 19.1. The molecular weight excluding hydrogens is 451 g/mol. The van der Waals surface area contributed by atoms with E-state index in [-0.39, 0.29) is 0 Å². The molecule has 0 aliphatic carbocycles. The molecule has 0 aliphatic heterocycles. The average Bonchev–Trinajstić information content (AvgIpc) is 2.79. The van der Waals surface area contributed by atoms with E-state index >= 15 is 0 Å². The standard InChI is InChI=1S/C24H22Cl2N2O4/c1-3-31-21-10-9-18(13-22(21)30-2)24(29)28-27-14-17-11-19(25)23(20(26)12-17)32-15-16-7-5-4-6-8-16/h4-14H,3,15H2,1-2H3,(H,28,29)/b27-14+. The number of hydrogen-bond acceptors (Lipinski definition) is 5. The molecule has 0 aromatic heterocycles. The fourth-order valence-electron chi connectivity index (χ4n) is 2.84. The van der Waals surface area contributed by atoms with E-state index in [0.29, 0.717) is 51.6 Å². The van der Waals surface area contributed by atoms with Gasteiger partial charge >= 0.3 is 0 Å². The summed E-state index contributed by atoms with van der Waals surface area (Å²) in [5.41, 5.74) is 4.45. The molecule has 1 N–H and O–H groups in total. The third kappa shape index (κ3) is 6.15. The largest absolute Gasteiger partial charge is 0.493 e. The maximum atomic E-state index is 12.4. The minimum atomic E-state index is -0.400. The van der Waals surface area contributed by atoms with Gasteiger partial charge in [-0.05, 0) is 48.4 Å². The van der Waals surface area contributed by atoms with Crippen molar-refractivity contribution in [1.82, 2.24) is 5.43 Å². The van der Waals surface area contributed by atoms with Crippen LogP contribution in [0.5, 0.6) is 17.2 Å². The minimum Gasteiger partial charge on any atom is -0.493 e. The smallest absolute Gasteiger partial charge is 0.271 e. The summed E-state index contributed by atoms with van der Waals surface area (Å²) in [6, 6.07) is 17.9. The normalized spacial score (nSPS) is 10.8. The Hall–Kier alpha value is -3.22. The Labute approximate surface area is 196 Å². The summed E-state index contributed by atoms with van der Waals surface area (Å²) >= 11 is 12.7. The van der Waals surface area contributed by atoms with Crippen molar-refractivity contribution in [2.75, 3.05) is 13.7 Å². The predicted molar refractivity (Wildman–Crippen MR) is 126 cm³/mol. The zero-order chi connectivity index (χ0) is 22.9. The number of nitrogens with one attached hydrogen (secondary N) is 1. The Morgan fingerprint density at radius 3 is 2.38 bits per heavy atom. The van der Waals surface area contributed by atoms with Gasteiger partial charge in [-0.2, -0.15) is 5.10 Å². The van der Waals surface area contributed by atoms with E-state index in [0.717, 1.165) is 5.56 Å². The second-order valence-corrected chi connectivity index (χ2v) is 7.40. The molecule has 3 aromatic carbocycles. The van der Waals surface area contributed by atoms with Crippen molar-refractivity contribution < 1.29 is 19.0 Å². The Morgan fingerprint density at radius 1 is 1.00 bits per heavy atom. The van der Waals surface area contributed by atoms with Crippen molar-refractivity contribution in [2.45, 2.75) is 13.5 Å². The third-order valence-electron chi connectivity index (χ3n) is 4.35. The van der Waals surface area contributed by atoms with Crippen molar-refractivity contribution in [1.29, 1.82) is 0 Å². The quantitative estimate of drug-likeness (QED) is 0.318. The molecular formula is C24H22Cl2N2O4. The number of nitrogens with zero attached hydrogens (tertiary/aromatic N) is 1. The van der Waals surface area contributed by atoms with Crippen LogP contribution in [0.1, 0.15) is 28.4 Å². The summed E-state index contributed by atoms with van der Waals surface area (Å²) in [5.74, 6) is 1.02. The van der Waals surface area contributed by atoms with Gasteiger partial charge in [-0.25, -0.2) is 5.43 Å². The molecule has 3 rings (SSSR count). The highest BCUT2D eigenvalue weighted by Gasteiger charge is 2.12. The van der Waals surface area contributed by atoms with Crippen LogP contribution in [-0.4, -0.2) is 25.8 Å². The second-order valence-electron chi connectivity index (χ2n) is 6.59. The lowest BCUT2D eigenvalue weighted by Gasteiger charge is -2.11. The first-order chi connectivity index (χ1) is 15.5. The number of hydrazone groups is 1. The van der Waals surface area contributed by atoms with E-state index in [2.05, 4.69) is 10.5 Å². The monoisotopic (exact) mass is 472 g/mol. The van der Waals surface area contributed by atoms with Gasteiger partial charge in [-0.3, -0.25) is 4.79 Å². The molecule has 6 nitrogen and oxygen atoms in total. The van der Waals surface area contributed by atoms with E-state index in [4.69, 9.17) is 37.4 Å². The third-order valence-corrected chi connectivity index (χ3v) is 4.91. The van der Waals surface area contributed by atoms with Gasteiger partial charge in [0.15, 0.2) is 17.2 Å². The van der Waals surface area contributed by atoms with Crippen LogP contribution in [0.3, 0.4) is 0 Å². The maximum Gasteiger partial charge on any atom is 0.271 e. The van der Waals surface area contributed by atoms with Gasteiger partial charge in [0, 0.05) is 5.56 Å². The molecule has 0 bridgehead atoms. The first-order valence-electron chi connectivity index (χ1n) is 9.81. The van der Waals surface area contributed by atoms with E-state index in [9.17, 15) is 4.79 Å². The number of hydrogen-bond donors (Lipinski definition) is 1. The molecule has 1 amide bonds. The number of rotatable bonds is 9. The summed E-state index contributed by atoms with van der Waals surface area (Å²) in [5, 5.41) is 4.67. The topological polar surface area (TPSA) is 69.2 Å². The van der Waals surface area contributed by atoms with Crippen molar-refractivity contribution in [3.8, 4) is 17.2 Å².